The molecule has 0 atom stereocenters. The summed E-state index contributed by atoms with van der Waals surface area (Å²) in [5.41, 5.74) is -0.246. The Bertz CT molecular complexity index is 610. The van der Waals surface area contributed by atoms with Crippen molar-refractivity contribution in [3.8, 4) is 11.5 Å². The van der Waals surface area contributed by atoms with Crippen LogP contribution in [0.5, 0.6) is 0 Å². The maximum atomic E-state index is 13.5. The fraction of sp³-hybridized carbons (Fsp3) is 0.333. The number of aromatic nitrogens is 2. The molecule has 3 rings (SSSR count). The molecular weight excluding hydrogens is 259 g/mol. The summed E-state index contributed by atoms with van der Waals surface area (Å²) in [6.07, 6.45) is 2.22. The Hall–Kier alpha value is -1.89. The first-order valence-corrected chi connectivity index (χ1v) is 5.85. The Kier molecular flexibility index (Phi) is 2.98. The van der Waals surface area contributed by atoms with Gasteiger partial charge < -0.3 is 9.73 Å². The minimum Gasteiger partial charge on any atom is -0.419 e. The lowest BCUT2D eigenvalue weighted by Crippen LogP contribution is -2.15. The summed E-state index contributed by atoms with van der Waals surface area (Å²) in [6.45, 7) is 0.378. The highest BCUT2D eigenvalue weighted by molar-refractivity contribution is 5.53. The maximum Gasteiger partial charge on any atom is 0.250 e. The second-order valence-electron chi connectivity index (χ2n) is 4.38. The van der Waals surface area contributed by atoms with Crippen LogP contribution in [0.15, 0.2) is 16.5 Å². The second-order valence-corrected chi connectivity index (χ2v) is 4.38. The predicted octanol–water partition coefficient (Wildman–Crippen LogP) is 2.41. The fourth-order valence-electron chi connectivity index (χ4n) is 1.64. The Labute approximate surface area is 106 Å². The van der Waals surface area contributed by atoms with Gasteiger partial charge in [0.15, 0.2) is 17.5 Å². The minimum absolute atomic E-state index is 0.163. The normalized spacial score (nSPS) is 14.9. The molecule has 0 amide bonds. The number of hydrogen-bond donors (Lipinski definition) is 1. The third kappa shape index (κ3) is 2.46. The van der Waals surface area contributed by atoms with Gasteiger partial charge in [-0.15, -0.1) is 10.2 Å². The molecule has 1 N–H and O–H groups in total. The van der Waals surface area contributed by atoms with Crippen molar-refractivity contribution in [3.05, 3.63) is 35.5 Å². The van der Waals surface area contributed by atoms with E-state index in [1.807, 2.05) is 0 Å². The summed E-state index contributed by atoms with van der Waals surface area (Å²) in [5, 5.41) is 10.5. The number of benzene rings is 1. The molecule has 1 aromatic carbocycles. The van der Waals surface area contributed by atoms with Crippen LogP contribution in [0.25, 0.3) is 11.5 Å². The molecule has 1 aliphatic rings. The van der Waals surface area contributed by atoms with E-state index < -0.39 is 17.5 Å². The van der Waals surface area contributed by atoms with Crippen molar-refractivity contribution in [2.45, 2.75) is 25.4 Å². The lowest BCUT2D eigenvalue weighted by atomic mass is 10.2. The first kappa shape index (κ1) is 12.2. The van der Waals surface area contributed by atoms with Gasteiger partial charge in [0.2, 0.25) is 5.89 Å². The van der Waals surface area contributed by atoms with Gasteiger partial charge in [0.1, 0.15) is 0 Å². The third-order valence-corrected chi connectivity index (χ3v) is 2.85. The molecule has 1 heterocycles. The van der Waals surface area contributed by atoms with Gasteiger partial charge in [0.25, 0.3) is 5.89 Å². The lowest BCUT2D eigenvalue weighted by Gasteiger charge is -2.00. The van der Waals surface area contributed by atoms with Gasteiger partial charge in [-0.2, -0.15) is 0 Å². The summed E-state index contributed by atoms with van der Waals surface area (Å²) in [5.74, 6) is -4.01. The zero-order valence-corrected chi connectivity index (χ0v) is 9.79. The number of hydrogen-bond acceptors (Lipinski definition) is 4. The van der Waals surface area contributed by atoms with Crippen molar-refractivity contribution >= 4 is 0 Å². The topological polar surface area (TPSA) is 51.0 Å². The molecule has 100 valence electrons. The lowest BCUT2D eigenvalue weighted by molar-refractivity contribution is 0.441. The Morgan fingerprint density at radius 1 is 1.16 bits per heavy atom. The van der Waals surface area contributed by atoms with Gasteiger partial charge >= 0.3 is 0 Å². The van der Waals surface area contributed by atoms with Crippen molar-refractivity contribution in [2.24, 2.45) is 0 Å². The van der Waals surface area contributed by atoms with Crippen LogP contribution >= 0.6 is 0 Å². The van der Waals surface area contributed by atoms with Crippen LogP contribution in [0.2, 0.25) is 0 Å². The van der Waals surface area contributed by atoms with Crippen LogP contribution < -0.4 is 5.32 Å². The largest absolute Gasteiger partial charge is 0.419 e. The molecule has 0 radical (unpaired) electrons. The highest BCUT2D eigenvalue weighted by Crippen LogP contribution is 2.25. The SMILES string of the molecule is Fc1ccc(-c2nnc(CNC3CC3)o2)c(F)c1F. The minimum atomic E-state index is -1.55. The van der Waals surface area contributed by atoms with Crippen molar-refractivity contribution in [2.75, 3.05) is 0 Å². The van der Waals surface area contributed by atoms with Crippen LogP contribution in [0.1, 0.15) is 18.7 Å². The Morgan fingerprint density at radius 3 is 2.68 bits per heavy atom. The fourth-order valence-corrected chi connectivity index (χ4v) is 1.64. The van der Waals surface area contributed by atoms with E-state index in [1.165, 1.54) is 0 Å². The average Bonchev–Trinajstić information content (AvgIpc) is 3.12. The van der Waals surface area contributed by atoms with Crippen LogP contribution in [0.3, 0.4) is 0 Å². The molecular formula is C12H10F3N3O. The quantitative estimate of drug-likeness (QED) is 0.866. The van der Waals surface area contributed by atoms with E-state index in [-0.39, 0.29) is 17.3 Å². The van der Waals surface area contributed by atoms with Crippen molar-refractivity contribution in [3.63, 3.8) is 0 Å². The number of nitrogens with one attached hydrogen (secondary N) is 1. The molecule has 19 heavy (non-hydrogen) atoms. The number of rotatable bonds is 4. The van der Waals surface area contributed by atoms with Crippen LogP contribution in [-0.4, -0.2) is 16.2 Å². The molecule has 0 saturated heterocycles. The van der Waals surface area contributed by atoms with Gasteiger partial charge in [-0.3, -0.25) is 0 Å². The molecule has 1 saturated carbocycles. The smallest absolute Gasteiger partial charge is 0.250 e. The molecule has 0 bridgehead atoms. The second kappa shape index (κ2) is 4.65. The summed E-state index contributed by atoms with van der Waals surface area (Å²) >= 11 is 0. The molecule has 2 aromatic rings. The van der Waals surface area contributed by atoms with Crippen molar-refractivity contribution in [1.82, 2.24) is 15.5 Å². The molecule has 1 fully saturated rings. The van der Waals surface area contributed by atoms with Crippen LogP contribution in [-0.2, 0) is 6.54 Å². The van der Waals surface area contributed by atoms with E-state index in [0.717, 1.165) is 25.0 Å². The highest BCUT2D eigenvalue weighted by atomic mass is 19.2. The summed E-state index contributed by atoms with van der Waals surface area (Å²) < 4.78 is 44.6. The third-order valence-electron chi connectivity index (χ3n) is 2.85. The van der Waals surface area contributed by atoms with E-state index in [4.69, 9.17) is 4.42 Å². The molecule has 4 nitrogen and oxygen atoms in total. The molecule has 1 aromatic heterocycles. The van der Waals surface area contributed by atoms with E-state index in [9.17, 15) is 13.2 Å². The number of halogens is 3. The van der Waals surface area contributed by atoms with E-state index in [1.54, 1.807) is 0 Å². The first-order valence-electron chi connectivity index (χ1n) is 5.85. The van der Waals surface area contributed by atoms with E-state index in [0.29, 0.717) is 12.6 Å². The Balaban J connectivity index is 1.83. The van der Waals surface area contributed by atoms with Crippen LogP contribution in [0, 0.1) is 17.5 Å². The average molecular weight is 269 g/mol. The standard InChI is InChI=1S/C12H10F3N3O/c13-8-4-3-7(10(14)11(8)15)12-18-17-9(19-12)5-16-6-1-2-6/h3-4,6,16H,1-2,5H2. The molecule has 0 aliphatic heterocycles. The van der Waals surface area contributed by atoms with E-state index >= 15 is 0 Å². The monoisotopic (exact) mass is 269 g/mol. The number of nitrogens with zero attached hydrogens (tertiary/aromatic N) is 2. The zero-order valence-electron chi connectivity index (χ0n) is 9.79. The maximum absolute atomic E-state index is 13.5. The van der Waals surface area contributed by atoms with Gasteiger partial charge in [0.05, 0.1) is 12.1 Å². The van der Waals surface area contributed by atoms with Crippen LogP contribution in [0.4, 0.5) is 13.2 Å². The van der Waals surface area contributed by atoms with E-state index in [2.05, 4.69) is 15.5 Å². The van der Waals surface area contributed by atoms with Gasteiger partial charge in [-0.05, 0) is 25.0 Å². The molecule has 1 aliphatic carbocycles. The highest BCUT2D eigenvalue weighted by Gasteiger charge is 2.22. The van der Waals surface area contributed by atoms with Gasteiger partial charge in [-0.1, -0.05) is 0 Å². The molecule has 0 spiro atoms. The summed E-state index contributed by atoms with van der Waals surface area (Å²) in [7, 11) is 0. The Morgan fingerprint density at radius 2 is 1.95 bits per heavy atom. The molecule has 0 unspecified atom stereocenters. The van der Waals surface area contributed by atoms with Gasteiger partial charge in [-0.25, -0.2) is 13.2 Å². The van der Waals surface area contributed by atoms with Crippen molar-refractivity contribution in [1.29, 1.82) is 0 Å². The zero-order chi connectivity index (χ0) is 13.4. The summed E-state index contributed by atoms with van der Waals surface area (Å²) in [4.78, 5) is 0. The van der Waals surface area contributed by atoms with Crippen molar-refractivity contribution < 1.29 is 17.6 Å². The molecule has 7 heteroatoms. The summed E-state index contributed by atoms with van der Waals surface area (Å²) in [6, 6.07) is 2.36. The van der Waals surface area contributed by atoms with Gasteiger partial charge in [0, 0.05) is 6.04 Å². The first-order chi connectivity index (χ1) is 9.15. The predicted molar refractivity (Wildman–Crippen MR) is 59.5 cm³/mol.